The van der Waals surface area contributed by atoms with Crippen LogP contribution in [-0.4, -0.2) is 5.54 Å². The van der Waals surface area contributed by atoms with E-state index < -0.39 is 11.7 Å². The second-order valence-corrected chi connectivity index (χ2v) is 4.69. The van der Waals surface area contributed by atoms with E-state index in [1.54, 1.807) is 0 Å². The zero-order valence-electron chi connectivity index (χ0n) is 9.77. The van der Waals surface area contributed by atoms with E-state index in [4.69, 9.17) is 0 Å². The van der Waals surface area contributed by atoms with Crippen molar-refractivity contribution in [2.75, 3.05) is 5.32 Å². The number of anilines is 1. The lowest BCUT2D eigenvalue weighted by Crippen LogP contribution is -2.44. The highest BCUT2D eigenvalue weighted by Gasteiger charge is 2.35. The number of rotatable bonds is 3. The molecule has 4 heteroatoms. The second-order valence-electron chi connectivity index (χ2n) is 4.69. The highest BCUT2D eigenvalue weighted by atomic mass is 19.4. The van der Waals surface area contributed by atoms with E-state index in [2.05, 4.69) is 12.2 Å². The first-order chi connectivity index (χ1) is 7.95. The van der Waals surface area contributed by atoms with Crippen LogP contribution in [0.2, 0.25) is 0 Å². The molecule has 1 aliphatic rings. The van der Waals surface area contributed by atoms with Gasteiger partial charge in [-0.2, -0.15) is 13.2 Å². The fourth-order valence-electron chi connectivity index (χ4n) is 2.22. The van der Waals surface area contributed by atoms with Gasteiger partial charge in [0, 0.05) is 11.2 Å². The summed E-state index contributed by atoms with van der Waals surface area (Å²) in [6.45, 7) is 2.11. The standard InChI is InChI=1S/C13H16F3N/c1-2-12(8-3-9-12)17-11-6-4-10(5-7-11)13(14,15)16/h4-7,17H,2-3,8-9H2,1H3. The van der Waals surface area contributed by atoms with Gasteiger partial charge in [0.1, 0.15) is 0 Å². The fraction of sp³-hybridized carbons (Fsp3) is 0.538. The highest BCUT2D eigenvalue weighted by Crippen LogP contribution is 2.38. The van der Waals surface area contributed by atoms with Crippen LogP contribution in [0.25, 0.3) is 0 Å². The lowest BCUT2D eigenvalue weighted by Gasteiger charge is -2.43. The van der Waals surface area contributed by atoms with E-state index in [0.717, 1.165) is 37.1 Å². The number of hydrogen-bond donors (Lipinski definition) is 1. The monoisotopic (exact) mass is 243 g/mol. The van der Waals surface area contributed by atoms with Gasteiger partial charge in [-0.1, -0.05) is 6.92 Å². The summed E-state index contributed by atoms with van der Waals surface area (Å²) in [5, 5.41) is 3.35. The summed E-state index contributed by atoms with van der Waals surface area (Å²) in [5.74, 6) is 0. The largest absolute Gasteiger partial charge is 0.416 e. The Balaban J connectivity index is 2.08. The summed E-state index contributed by atoms with van der Waals surface area (Å²) >= 11 is 0. The van der Waals surface area contributed by atoms with Crippen molar-refractivity contribution in [3.8, 4) is 0 Å². The van der Waals surface area contributed by atoms with E-state index in [9.17, 15) is 13.2 Å². The molecule has 0 heterocycles. The molecule has 0 amide bonds. The summed E-state index contributed by atoms with van der Waals surface area (Å²) in [5.41, 5.74) is 0.293. The Bertz CT molecular complexity index is 371. The maximum Gasteiger partial charge on any atom is 0.416 e. The predicted octanol–water partition coefficient (Wildman–Crippen LogP) is 4.45. The minimum Gasteiger partial charge on any atom is -0.380 e. The zero-order chi connectivity index (χ0) is 12.5. The first kappa shape index (κ1) is 12.3. The Morgan fingerprint density at radius 3 is 2.12 bits per heavy atom. The maximum absolute atomic E-state index is 12.4. The van der Waals surface area contributed by atoms with Gasteiger partial charge in [0.15, 0.2) is 0 Å². The molecule has 1 aromatic rings. The molecule has 0 radical (unpaired) electrons. The Labute approximate surface area is 99.0 Å². The van der Waals surface area contributed by atoms with E-state index >= 15 is 0 Å². The quantitative estimate of drug-likeness (QED) is 0.827. The van der Waals surface area contributed by atoms with Crippen LogP contribution in [0.1, 0.15) is 38.2 Å². The number of hydrogen-bond acceptors (Lipinski definition) is 1. The summed E-state index contributed by atoms with van der Waals surface area (Å²) < 4.78 is 37.1. The van der Waals surface area contributed by atoms with Gasteiger partial charge in [-0.15, -0.1) is 0 Å². The van der Waals surface area contributed by atoms with Crippen LogP contribution < -0.4 is 5.32 Å². The first-order valence-electron chi connectivity index (χ1n) is 5.91. The van der Waals surface area contributed by atoms with E-state index in [1.165, 1.54) is 18.6 Å². The molecule has 1 saturated carbocycles. The van der Waals surface area contributed by atoms with Gasteiger partial charge >= 0.3 is 6.18 Å². The van der Waals surface area contributed by atoms with Gasteiger partial charge in [-0.3, -0.25) is 0 Å². The molecule has 0 unspecified atom stereocenters. The Hall–Kier alpha value is -1.19. The molecule has 0 aromatic heterocycles. The minimum atomic E-state index is -4.25. The van der Waals surface area contributed by atoms with Crippen LogP contribution in [0.4, 0.5) is 18.9 Å². The van der Waals surface area contributed by atoms with Crippen molar-refractivity contribution in [2.24, 2.45) is 0 Å². The third-order valence-corrected chi connectivity index (χ3v) is 3.61. The van der Waals surface area contributed by atoms with Crippen molar-refractivity contribution in [3.63, 3.8) is 0 Å². The molecule has 94 valence electrons. The number of halogens is 3. The average molecular weight is 243 g/mol. The molecule has 17 heavy (non-hydrogen) atoms. The first-order valence-corrected chi connectivity index (χ1v) is 5.91. The molecule has 1 N–H and O–H groups in total. The van der Waals surface area contributed by atoms with Crippen LogP contribution in [0, 0.1) is 0 Å². The van der Waals surface area contributed by atoms with E-state index in [0.29, 0.717) is 0 Å². The van der Waals surface area contributed by atoms with Crippen molar-refractivity contribution in [1.82, 2.24) is 0 Å². The molecular weight excluding hydrogens is 227 g/mol. The topological polar surface area (TPSA) is 12.0 Å². The van der Waals surface area contributed by atoms with Gasteiger partial charge < -0.3 is 5.32 Å². The number of alkyl halides is 3. The SMILES string of the molecule is CCC1(Nc2ccc(C(F)(F)F)cc2)CCC1. The van der Waals surface area contributed by atoms with Gasteiger partial charge in [0.05, 0.1) is 5.56 Å². The molecule has 0 atom stereocenters. The van der Waals surface area contributed by atoms with Gasteiger partial charge in [-0.05, 0) is 49.9 Å². The second kappa shape index (κ2) is 4.24. The van der Waals surface area contributed by atoms with Crippen molar-refractivity contribution in [3.05, 3.63) is 29.8 Å². The number of benzene rings is 1. The van der Waals surface area contributed by atoms with Crippen molar-refractivity contribution in [2.45, 2.75) is 44.3 Å². The molecule has 0 spiro atoms. The van der Waals surface area contributed by atoms with Gasteiger partial charge in [0.25, 0.3) is 0 Å². The third kappa shape index (κ3) is 2.56. The molecule has 1 aromatic carbocycles. The average Bonchev–Trinajstić information content (AvgIpc) is 2.23. The Kier molecular flexibility index (Phi) is 3.06. The van der Waals surface area contributed by atoms with Gasteiger partial charge in [-0.25, -0.2) is 0 Å². The van der Waals surface area contributed by atoms with Crippen LogP contribution >= 0.6 is 0 Å². The Morgan fingerprint density at radius 1 is 1.18 bits per heavy atom. The maximum atomic E-state index is 12.4. The summed E-state index contributed by atoms with van der Waals surface area (Å²) in [7, 11) is 0. The van der Waals surface area contributed by atoms with Crippen molar-refractivity contribution >= 4 is 5.69 Å². The summed E-state index contributed by atoms with van der Waals surface area (Å²) in [6, 6.07) is 5.28. The number of nitrogens with one attached hydrogen (secondary N) is 1. The molecule has 1 nitrogen and oxygen atoms in total. The highest BCUT2D eigenvalue weighted by molar-refractivity contribution is 5.48. The lowest BCUT2D eigenvalue weighted by atomic mass is 9.74. The van der Waals surface area contributed by atoms with Crippen LogP contribution in [0.3, 0.4) is 0 Å². The fourth-order valence-corrected chi connectivity index (χ4v) is 2.22. The molecular formula is C13H16F3N. The smallest absolute Gasteiger partial charge is 0.380 e. The molecule has 0 aliphatic heterocycles. The Morgan fingerprint density at radius 2 is 1.76 bits per heavy atom. The van der Waals surface area contributed by atoms with Gasteiger partial charge in [0.2, 0.25) is 0 Å². The summed E-state index contributed by atoms with van der Waals surface area (Å²) in [6.07, 6.45) is 0.155. The molecule has 0 saturated heterocycles. The van der Waals surface area contributed by atoms with E-state index in [1.807, 2.05) is 0 Å². The molecule has 1 fully saturated rings. The zero-order valence-corrected chi connectivity index (χ0v) is 9.77. The summed E-state index contributed by atoms with van der Waals surface area (Å²) in [4.78, 5) is 0. The molecule has 0 bridgehead atoms. The van der Waals surface area contributed by atoms with Crippen LogP contribution in [0.5, 0.6) is 0 Å². The molecule has 1 aliphatic carbocycles. The lowest BCUT2D eigenvalue weighted by molar-refractivity contribution is -0.137. The van der Waals surface area contributed by atoms with Crippen molar-refractivity contribution < 1.29 is 13.2 Å². The molecule has 2 rings (SSSR count). The van der Waals surface area contributed by atoms with Crippen LogP contribution in [-0.2, 0) is 6.18 Å². The normalized spacial score (nSPS) is 18.6. The minimum absolute atomic E-state index is 0.111. The van der Waals surface area contributed by atoms with Crippen molar-refractivity contribution in [1.29, 1.82) is 0 Å². The van der Waals surface area contributed by atoms with E-state index in [-0.39, 0.29) is 5.54 Å². The predicted molar refractivity (Wildman–Crippen MR) is 61.9 cm³/mol. The van der Waals surface area contributed by atoms with Crippen LogP contribution in [0.15, 0.2) is 24.3 Å². The third-order valence-electron chi connectivity index (χ3n) is 3.61.